The predicted octanol–water partition coefficient (Wildman–Crippen LogP) is 5.57. The molecule has 0 spiro atoms. The maximum atomic E-state index is 13.0. The van der Waals surface area contributed by atoms with Crippen molar-refractivity contribution < 1.29 is 4.79 Å². The largest absolute Gasteiger partial charge is 0.305 e. The number of hydrogen-bond acceptors (Lipinski definition) is 6. The van der Waals surface area contributed by atoms with Crippen LogP contribution >= 0.6 is 23.5 Å². The van der Waals surface area contributed by atoms with Crippen LogP contribution in [0.15, 0.2) is 106 Å². The minimum Gasteiger partial charge on any atom is -0.305 e. The highest BCUT2D eigenvalue weighted by molar-refractivity contribution is 7.99. The lowest BCUT2D eigenvalue weighted by Crippen LogP contribution is -2.16. The van der Waals surface area contributed by atoms with Crippen LogP contribution in [-0.4, -0.2) is 20.9 Å². The molecule has 5 nitrogen and oxygen atoms in total. The zero-order valence-electron chi connectivity index (χ0n) is 15.9. The Kier molecular flexibility index (Phi) is 6.74. The van der Waals surface area contributed by atoms with Crippen LogP contribution in [-0.2, 0) is 5.75 Å². The topological polar surface area (TPSA) is 67.8 Å². The normalized spacial score (nSPS) is 10.5. The van der Waals surface area contributed by atoms with Crippen molar-refractivity contribution in [3.63, 3.8) is 0 Å². The third kappa shape index (κ3) is 5.46. The molecular weight excluding hydrogens is 412 g/mol. The van der Waals surface area contributed by atoms with Crippen LogP contribution in [0.3, 0.4) is 0 Å². The molecule has 2 heterocycles. The van der Waals surface area contributed by atoms with Gasteiger partial charge in [-0.25, -0.2) is 15.0 Å². The number of amides is 1. The minimum absolute atomic E-state index is 0.309. The third-order valence-electron chi connectivity index (χ3n) is 4.04. The molecule has 2 aromatic carbocycles. The first-order valence-electron chi connectivity index (χ1n) is 9.27. The molecule has 0 atom stereocenters. The van der Waals surface area contributed by atoms with Crippen molar-refractivity contribution in [3.05, 3.63) is 103 Å². The molecule has 4 rings (SSSR count). The lowest BCUT2D eigenvalue weighted by atomic mass is 10.2. The number of carbonyl (C=O) groups is 1. The first-order valence-corrected chi connectivity index (χ1v) is 11.1. The number of thioether (sulfide) groups is 1. The van der Waals surface area contributed by atoms with Gasteiger partial charge in [-0.05, 0) is 29.8 Å². The summed E-state index contributed by atoms with van der Waals surface area (Å²) in [5, 5.41) is 3.38. The maximum absolute atomic E-state index is 13.0. The molecule has 1 N–H and O–H groups in total. The Bertz CT molecular complexity index is 1110. The second-order valence-corrected chi connectivity index (χ2v) is 8.28. The zero-order valence-corrected chi connectivity index (χ0v) is 17.6. The molecule has 0 fully saturated rings. The van der Waals surface area contributed by atoms with Crippen LogP contribution in [0, 0.1) is 0 Å². The summed E-state index contributed by atoms with van der Waals surface area (Å²) in [5.41, 5.74) is 1.51. The van der Waals surface area contributed by atoms with Gasteiger partial charge in [-0.15, -0.1) is 0 Å². The Hall–Kier alpha value is -3.16. The third-order valence-corrected chi connectivity index (χ3v) is 6.00. The van der Waals surface area contributed by atoms with Crippen molar-refractivity contribution in [3.8, 4) is 0 Å². The summed E-state index contributed by atoms with van der Waals surface area (Å²) in [7, 11) is 0. The van der Waals surface area contributed by atoms with Crippen LogP contribution in [0.25, 0.3) is 0 Å². The monoisotopic (exact) mass is 430 g/mol. The average Bonchev–Trinajstić information content (AvgIpc) is 2.80. The molecule has 0 saturated carbocycles. The fourth-order valence-corrected chi connectivity index (χ4v) is 4.27. The van der Waals surface area contributed by atoms with Crippen molar-refractivity contribution in [1.82, 2.24) is 15.0 Å². The van der Waals surface area contributed by atoms with Gasteiger partial charge in [0, 0.05) is 23.0 Å². The zero-order chi connectivity index (χ0) is 20.6. The summed E-state index contributed by atoms with van der Waals surface area (Å²) in [6, 6.07) is 25.3. The van der Waals surface area contributed by atoms with E-state index in [9.17, 15) is 4.79 Å². The van der Waals surface area contributed by atoms with Crippen LogP contribution < -0.4 is 5.32 Å². The molecule has 0 saturated heterocycles. The molecule has 148 valence electrons. The number of nitrogens with zero attached hydrogens (tertiary/aromatic N) is 3. The predicted molar refractivity (Wildman–Crippen MR) is 121 cm³/mol. The average molecular weight is 431 g/mol. The van der Waals surface area contributed by atoms with E-state index in [-0.39, 0.29) is 5.91 Å². The molecule has 0 aliphatic carbocycles. The fourth-order valence-electron chi connectivity index (χ4n) is 2.61. The first-order chi connectivity index (χ1) is 14.8. The molecule has 30 heavy (non-hydrogen) atoms. The number of anilines is 1. The summed E-state index contributed by atoms with van der Waals surface area (Å²) < 4.78 is 0. The van der Waals surface area contributed by atoms with Gasteiger partial charge in [0.1, 0.15) is 11.5 Å². The van der Waals surface area contributed by atoms with Gasteiger partial charge < -0.3 is 5.32 Å². The highest BCUT2D eigenvalue weighted by Gasteiger charge is 2.17. The molecule has 0 radical (unpaired) electrons. The fraction of sp³-hybridized carbons (Fsp3) is 0.0435. The number of benzene rings is 2. The minimum atomic E-state index is -0.309. The van der Waals surface area contributed by atoms with Gasteiger partial charge in [0.25, 0.3) is 5.91 Å². The van der Waals surface area contributed by atoms with E-state index in [0.717, 1.165) is 10.6 Å². The Labute approximate surface area is 183 Å². The Morgan fingerprint density at radius 2 is 1.60 bits per heavy atom. The summed E-state index contributed by atoms with van der Waals surface area (Å²) in [5.74, 6) is 0.902. The smallest absolute Gasteiger partial charge is 0.276 e. The summed E-state index contributed by atoms with van der Waals surface area (Å²) >= 11 is 2.96. The van der Waals surface area contributed by atoms with Crippen LogP contribution in [0.5, 0.6) is 0 Å². The van der Waals surface area contributed by atoms with Gasteiger partial charge in [-0.1, -0.05) is 78.1 Å². The van der Waals surface area contributed by atoms with Gasteiger partial charge >= 0.3 is 0 Å². The molecule has 2 aromatic heterocycles. The number of hydrogen-bond donors (Lipinski definition) is 1. The SMILES string of the molecule is O=C(Nc1ccccn1)c1nc(SCc2ccccc2)ncc1Sc1ccccc1. The van der Waals surface area contributed by atoms with E-state index in [2.05, 4.69) is 32.4 Å². The number of nitrogens with one attached hydrogen (secondary N) is 1. The Balaban J connectivity index is 1.59. The lowest BCUT2D eigenvalue weighted by Gasteiger charge is -2.10. The maximum Gasteiger partial charge on any atom is 0.276 e. The van der Waals surface area contributed by atoms with Gasteiger partial charge in [-0.3, -0.25) is 4.79 Å². The van der Waals surface area contributed by atoms with E-state index >= 15 is 0 Å². The summed E-state index contributed by atoms with van der Waals surface area (Å²) in [4.78, 5) is 27.9. The highest BCUT2D eigenvalue weighted by atomic mass is 32.2. The number of rotatable bonds is 7. The lowest BCUT2D eigenvalue weighted by molar-refractivity contribution is 0.101. The van der Waals surface area contributed by atoms with E-state index in [0.29, 0.717) is 21.6 Å². The summed E-state index contributed by atoms with van der Waals surface area (Å²) in [6.07, 6.45) is 3.35. The Morgan fingerprint density at radius 1 is 0.867 bits per heavy atom. The van der Waals surface area contributed by atoms with Crippen molar-refractivity contribution in [2.45, 2.75) is 20.7 Å². The van der Waals surface area contributed by atoms with Gasteiger partial charge in [-0.2, -0.15) is 0 Å². The van der Waals surface area contributed by atoms with Crippen molar-refractivity contribution in [2.75, 3.05) is 5.32 Å². The van der Waals surface area contributed by atoms with E-state index in [1.54, 1.807) is 24.5 Å². The van der Waals surface area contributed by atoms with Crippen molar-refractivity contribution in [2.24, 2.45) is 0 Å². The number of aromatic nitrogens is 3. The van der Waals surface area contributed by atoms with E-state index < -0.39 is 0 Å². The second-order valence-electron chi connectivity index (χ2n) is 6.22. The number of pyridine rings is 1. The summed E-state index contributed by atoms with van der Waals surface area (Å²) in [6.45, 7) is 0. The van der Waals surface area contributed by atoms with Crippen molar-refractivity contribution in [1.29, 1.82) is 0 Å². The molecule has 0 unspecified atom stereocenters. The number of carbonyl (C=O) groups excluding carboxylic acids is 1. The van der Waals surface area contributed by atoms with E-state index in [1.807, 2.05) is 54.6 Å². The molecule has 0 bridgehead atoms. The molecule has 4 aromatic rings. The van der Waals surface area contributed by atoms with Gasteiger partial charge in [0.15, 0.2) is 5.16 Å². The van der Waals surface area contributed by atoms with Gasteiger partial charge in [0.2, 0.25) is 0 Å². The molecular formula is C23H18N4OS2. The van der Waals surface area contributed by atoms with E-state index in [4.69, 9.17) is 0 Å². The standard InChI is InChI=1S/C23H18N4OS2/c28-22(26-20-13-7-8-14-24-20)21-19(30-18-11-5-2-6-12-18)15-25-23(27-21)29-16-17-9-3-1-4-10-17/h1-15H,16H2,(H,24,26,28). The second kappa shape index (κ2) is 10.0. The van der Waals surface area contributed by atoms with Crippen LogP contribution in [0.2, 0.25) is 0 Å². The molecule has 0 aliphatic heterocycles. The molecule has 0 aliphatic rings. The Morgan fingerprint density at radius 3 is 2.33 bits per heavy atom. The van der Waals surface area contributed by atoms with Gasteiger partial charge in [0.05, 0.1) is 4.90 Å². The van der Waals surface area contributed by atoms with E-state index in [1.165, 1.54) is 29.1 Å². The molecule has 7 heteroatoms. The molecule has 1 amide bonds. The quantitative estimate of drug-likeness (QED) is 0.305. The van der Waals surface area contributed by atoms with Crippen molar-refractivity contribution >= 4 is 35.2 Å². The highest BCUT2D eigenvalue weighted by Crippen LogP contribution is 2.31. The first kappa shape index (κ1) is 20.1. The van der Waals surface area contributed by atoms with Crippen LogP contribution in [0.4, 0.5) is 5.82 Å². The van der Waals surface area contributed by atoms with Crippen LogP contribution in [0.1, 0.15) is 16.1 Å².